The van der Waals surface area contributed by atoms with Crippen LogP contribution in [0.4, 0.5) is 34.1 Å². The molecule has 0 aliphatic rings. The SMILES string of the molecule is CCN(CC)c1ccc(N=Nc2ccc(C(=O)C[N+](C)(C)C)cc2)c(C)c1.CCN(CC)c1ccc(N=Nc2ccc(C(=O)C[N+](C)(C)C)cc2)c(C)c1.[Cl-].[Cl-].[Cl-].[Cl-].[Zn+2]. The van der Waals surface area contributed by atoms with Gasteiger partial charge in [-0.15, -0.1) is 0 Å². The fraction of sp³-hybridized carbons (Fsp3) is 0.409. The summed E-state index contributed by atoms with van der Waals surface area (Å²) in [5, 5.41) is 17.4. The van der Waals surface area contributed by atoms with E-state index in [1.54, 1.807) is 0 Å². The van der Waals surface area contributed by atoms with Crippen molar-refractivity contribution >= 4 is 45.7 Å². The second-order valence-corrected chi connectivity index (χ2v) is 15.5. The van der Waals surface area contributed by atoms with Crippen LogP contribution in [0.5, 0.6) is 0 Å². The maximum atomic E-state index is 12.3. The number of halogens is 4. The van der Waals surface area contributed by atoms with Gasteiger partial charge in [-0.05, 0) is 138 Å². The molecule has 0 atom stereocenters. The van der Waals surface area contributed by atoms with E-state index < -0.39 is 0 Å². The van der Waals surface area contributed by atoms with Gasteiger partial charge in [0.05, 0.1) is 65.0 Å². The van der Waals surface area contributed by atoms with Crippen LogP contribution in [0.15, 0.2) is 105 Å². The Bertz CT molecular complexity index is 1770. The van der Waals surface area contributed by atoms with E-state index in [1.807, 2.05) is 117 Å². The van der Waals surface area contributed by atoms with Crippen LogP contribution in [0.2, 0.25) is 0 Å². The van der Waals surface area contributed by atoms with E-state index >= 15 is 0 Å². The minimum Gasteiger partial charge on any atom is -1.00 e. The molecule has 0 aromatic heterocycles. The van der Waals surface area contributed by atoms with Gasteiger partial charge in [0.1, 0.15) is 13.1 Å². The first-order valence-electron chi connectivity index (χ1n) is 18.9. The fourth-order valence-corrected chi connectivity index (χ4v) is 5.77. The third-order valence-electron chi connectivity index (χ3n) is 8.78. The average Bonchev–Trinajstić information content (AvgIpc) is 3.11. The monoisotopic (exact) mass is 938 g/mol. The summed E-state index contributed by atoms with van der Waals surface area (Å²) in [6, 6.07) is 27.1. The molecule has 0 fully saturated rings. The largest absolute Gasteiger partial charge is 2.00 e. The molecule has 0 heterocycles. The number of nitrogens with zero attached hydrogens (tertiary/aromatic N) is 8. The number of quaternary nitrogens is 2. The van der Waals surface area contributed by atoms with Gasteiger partial charge < -0.3 is 68.4 Å². The number of carbonyl (C=O) groups is 2. The van der Waals surface area contributed by atoms with Crippen LogP contribution in [-0.2, 0) is 19.5 Å². The van der Waals surface area contributed by atoms with Crippen LogP contribution in [0.3, 0.4) is 0 Å². The first-order chi connectivity index (χ1) is 25.5. The number of carbonyl (C=O) groups excluding carboxylic acids is 2. The standard InChI is InChI=1S/2C22H31N4O.4ClH.Zn/c2*1-7-25(8-2)20-13-14-21(17(3)15-20)24-23-19-11-9-18(10-12-19)22(27)16-26(4,5)6;;;;;/h2*9-15H,7-8,16H2,1-6H3;4*1H;/q2*+1;;;;;+2/p-4. The van der Waals surface area contributed by atoms with Gasteiger partial charge in [-0.25, -0.2) is 0 Å². The number of aryl methyl sites for hydroxylation is 2. The van der Waals surface area contributed by atoms with Crippen molar-refractivity contribution in [2.24, 2.45) is 20.5 Å². The summed E-state index contributed by atoms with van der Waals surface area (Å²) in [4.78, 5) is 29.1. The van der Waals surface area contributed by atoms with Crippen LogP contribution in [0.25, 0.3) is 0 Å². The Morgan fingerprint density at radius 2 is 0.763 bits per heavy atom. The van der Waals surface area contributed by atoms with E-state index in [1.165, 1.54) is 11.4 Å². The molecule has 0 unspecified atom stereocenters. The molecule has 0 saturated carbocycles. The van der Waals surface area contributed by atoms with Crippen molar-refractivity contribution in [2.45, 2.75) is 41.5 Å². The number of azo groups is 2. The van der Waals surface area contributed by atoms with E-state index in [9.17, 15) is 9.59 Å². The zero-order valence-electron chi connectivity index (χ0n) is 36.9. The summed E-state index contributed by atoms with van der Waals surface area (Å²) in [5.74, 6) is 0.266. The number of likely N-dealkylation sites (N-methyl/N-ethyl adjacent to an activating group) is 2. The Hall–Kier alpha value is -3.28. The molecular formula is C44H62Cl4N8O2Zn. The molecule has 0 aliphatic carbocycles. The van der Waals surface area contributed by atoms with Gasteiger partial charge in [-0.1, -0.05) is 0 Å². The molecule has 15 heteroatoms. The maximum Gasteiger partial charge on any atom is 2.00 e. The average molecular weight is 942 g/mol. The number of hydrogen-bond acceptors (Lipinski definition) is 8. The van der Waals surface area contributed by atoms with Gasteiger partial charge in [-0.3, -0.25) is 9.59 Å². The molecule has 0 N–H and O–H groups in total. The Balaban J connectivity index is -0.000000980. The van der Waals surface area contributed by atoms with Gasteiger partial charge in [-0.2, -0.15) is 20.5 Å². The summed E-state index contributed by atoms with van der Waals surface area (Å²) < 4.78 is 1.23. The molecule has 0 spiro atoms. The van der Waals surface area contributed by atoms with Crippen LogP contribution in [0.1, 0.15) is 59.5 Å². The van der Waals surface area contributed by atoms with Crippen molar-refractivity contribution in [1.82, 2.24) is 0 Å². The minimum absolute atomic E-state index is 0. The Morgan fingerprint density at radius 3 is 1.00 bits per heavy atom. The molecule has 0 saturated heterocycles. The summed E-state index contributed by atoms with van der Waals surface area (Å²) in [5.41, 5.74) is 9.22. The van der Waals surface area contributed by atoms with E-state index in [0.29, 0.717) is 33.2 Å². The van der Waals surface area contributed by atoms with Crippen molar-refractivity contribution < 1.29 is 87.7 Å². The molecule has 320 valence electrons. The van der Waals surface area contributed by atoms with Gasteiger partial charge in [0.15, 0.2) is 0 Å². The minimum atomic E-state index is 0. The third kappa shape index (κ3) is 20.2. The zero-order chi connectivity index (χ0) is 40.1. The summed E-state index contributed by atoms with van der Waals surface area (Å²) in [6.07, 6.45) is 0. The first kappa shape index (κ1) is 60.0. The van der Waals surface area contributed by atoms with E-state index in [-0.39, 0.29) is 80.7 Å². The van der Waals surface area contributed by atoms with Crippen molar-refractivity contribution in [2.75, 3.05) is 91.4 Å². The van der Waals surface area contributed by atoms with Crippen LogP contribution in [-0.4, -0.2) is 102 Å². The molecule has 0 bridgehead atoms. The van der Waals surface area contributed by atoms with Crippen molar-refractivity contribution in [3.63, 3.8) is 0 Å². The quantitative estimate of drug-likeness (QED) is 0.0582. The Morgan fingerprint density at radius 1 is 0.475 bits per heavy atom. The summed E-state index contributed by atoms with van der Waals surface area (Å²) in [6.45, 7) is 17.6. The predicted molar refractivity (Wildman–Crippen MR) is 225 cm³/mol. The van der Waals surface area contributed by atoms with Crippen molar-refractivity contribution in [3.05, 3.63) is 107 Å². The Labute approximate surface area is 391 Å². The van der Waals surface area contributed by atoms with Gasteiger partial charge in [0.2, 0.25) is 11.6 Å². The number of rotatable bonds is 16. The second-order valence-electron chi connectivity index (χ2n) is 15.5. The van der Waals surface area contributed by atoms with E-state index in [4.69, 9.17) is 0 Å². The predicted octanol–water partition coefficient (Wildman–Crippen LogP) is -1.70. The molecule has 59 heavy (non-hydrogen) atoms. The number of hydrogen-bond donors (Lipinski definition) is 0. The van der Waals surface area contributed by atoms with E-state index in [0.717, 1.165) is 60.1 Å². The van der Waals surface area contributed by atoms with Gasteiger partial charge in [0.25, 0.3) is 0 Å². The summed E-state index contributed by atoms with van der Waals surface area (Å²) in [7, 11) is 12.0. The van der Waals surface area contributed by atoms with Gasteiger partial charge >= 0.3 is 19.5 Å². The smallest absolute Gasteiger partial charge is 1.00 e. The zero-order valence-corrected chi connectivity index (χ0v) is 42.9. The topological polar surface area (TPSA) is 90.1 Å². The number of Topliss-reactive ketones (excluding diaryl/α,β-unsaturated/α-hetero) is 2. The molecule has 10 nitrogen and oxygen atoms in total. The normalized spacial score (nSPS) is 10.8. The van der Waals surface area contributed by atoms with Crippen LogP contribution in [0, 0.1) is 13.8 Å². The number of ketones is 2. The van der Waals surface area contributed by atoms with Crippen LogP contribution < -0.4 is 59.4 Å². The van der Waals surface area contributed by atoms with Gasteiger partial charge in [0, 0.05) is 48.7 Å². The molecule has 0 radical (unpaired) electrons. The maximum absolute atomic E-state index is 12.3. The molecule has 4 rings (SSSR count). The van der Waals surface area contributed by atoms with Crippen molar-refractivity contribution in [1.29, 1.82) is 0 Å². The molecule has 4 aromatic carbocycles. The number of benzene rings is 4. The molecule has 4 aromatic rings. The summed E-state index contributed by atoms with van der Waals surface area (Å²) >= 11 is 0. The fourth-order valence-electron chi connectivity index (χ4n) is 5.77. The first-order valence-corrected chi connectivity index (χ1v) is 18.9. The van der Waals surface area contributed by atoms with Crippen LogP contribution >= 0.6 is 0 Å². The molecule has 0 aliphatic heterocycles. The Kier molecular flexibility index (Phi) is 28.8. The third-order valence-corrected chi connectivity index (χ3v) is 8.78. The molecule has 0 amide bonds. The number of anilines is 2. The second kappa shape index (κ2) is 28.3. The van der Waals surface area contributed by atoms with Crippen molar-refractivity contribution in [3.8, 4) is 0 Å². The van der Waals surface area contributed by atoms with E-state index in [2.05, 4.69) is 82.2 Å². The molecular weight excluding hydrogens is 880 g/mol.